The van der Waals surface area contributed by atoms with Crippen LogP contribution in [0.2, 0.25) is 19.6 Å². The van der Waals surface area contributed by atoms with Crippen LogP contribution in [0.1, 0.15) is 45.4 Å². The first-order valence-corrected chi connectivity index (χ1v) is 13.6. The summed E-state index contributed by atoms with van der Waals surface area (Å²) in [6.45, 7) is 7.43. The highest BCUT2D eigenvalue weighted by Crippen LogP contribution is 2.69. The van der Waals surface area contributed by atoms with Crippen molar-refractivity contribution in [3.8, 4) is 0 Å². The van der Waals surface area contributed by atoms with Crippen molar-refractivity contribution in [1.29, 1.82) is 0 Å². The Morgan fingerprint density at radius 3 is 2.00 bits per heavy atom. The molecule has 4 aliphatic carbocycles. The minimum Gasteiger partial charge on any atom is -0.421 e. The Kier molecular flexibility index (Phi) is 5.37. The van der Waals surface area contributed by atoms with Crippen LogP contribution < -0.4 is 0 Å². The summed E-state index contributed by atoms with van der Waals surface area (Å²) in [5.41, 5.74) is -2.50. The van der Waals surface area contributed by atoms with E-state index in [0.717, 1.165) is 37.5 Å². The Hall–Kier alpha value is -0.0731. The molecule has 152 valence electrons. The van der Waals surface area contributed by atoms with Gasteiger partial charge in [-0.25, -0.2) is 0 Å². The van der Waals surface area contributed by atoms with Gasteiger partial charge in [0.05, 0.1) is 0 Å². The van der Waals surface area contributed by atoms with Crippen LogP contribution in [0.4, 0.5) is 13.2 Å². The van der Waals surface area contributed by atoms with Crippen LogP contribution in [0.15, 0.2) is 0 Å². The lowest BCUT2D eigenvalue weighted by Crippen LogP contribution is -2.45. The maximum absolute atomic E-state index is 12.9. The second-order valence-electron chi connectivity index (χ2n) is 10.4. The predicted molar refractivity (Wildman–Crippen MR) is 99.2 cm³/mol. The number of hydrogen-bond donors (Lipinski definition) is 1. The van der Waals surface area contributed by atoms with Gasteiger partial charge >= 0.3 is 6.18 Å². The molecule has 0 heterocycles. The van der Waals surface area contributed by atoms with E-state index in [9.17, 15) is 18.3 Å². The third-order valence-corrected chi connectivity index (χ3v) is 8.98. The van der Waals surface area contributed by atoms with Crippen molar-refractivity contribution in [2.24, 2.45) is 41.4 Å². The van der Waals surface area contributed by atoms with E-state index in [4.69, 9.17) is 4.43 Å². The third kappa shape index (κ3) is 3.75. The molecule has 0 spiro atoms. The van der Waals surface area contributed by atoms with Gasteiger partial charge < -0.3 is 9.53 Å². The summed E-state index contributed by atoms with van der Waals surface area (Å²) in [6, 6.07) is 0. The summed E-state index contributed by atoms with van der Waals surface area (Å²) in [4.78, 5) is 0. The fraction of sp³-hybridized carbons (Fsp3) is 1.00. The summed E-state index contributed by atoms with van der Waals surface area (Å²) in [7, 11) is 0.639. The van der Waals surface area contributed by atoms with Crippen LogP contribution >= 0.6 is 0 Å². The Morgan fingerprint density at radius 1 is 0.962 bits per heavy atom. The molecule has 8 unspecified atom stereocenters. The van der Waals surface area contributed by atoms with Gasteiger partial charge in [0.25, 0.3) is 0 Å². The number of fused-ring (bicyclic) bond motifs is 9. The number of rotatable bonds is 3. The van der Waals surface area contributed by atoms with Crippen LogP contribution in [-0.2, 0) is 4.43 Å². The third-order valence-electron chi connectivity index (χ3n) is 7.75. The van der Waals surface area contributed by atoms with E-state index in [0.29, 0.717) is 17.8 Å². The van der Waals surface area contributed by atoms with Gasteiger partial charge in [-0.05, 0) is 107 Å². The number of hydrogen-bond acceptors (Lipinski definition) is 2. The topological polar surface area (TPSA) is 29.5 Å². The Morgan fingerprint density at radius 2 is 1.50 bits per heavy atom. The van der Waals surface area contributed by atoms with Gasteiger partial charge in [-0.15, -0.1) is 0 Å². The monoisotopic (exact) mass is 392 g/mol. The SMILES string of the molecule is CC(O)(CC1CC2CC1C1C3CCC(C3)C21)C(F)(F)F.CO[Si](C)(C)C. The molecule has 26 heavy (non-hydrogen) atoms. The zero-order chi connectivity index (χ0) is 19.5. The van der Waals surface area contributed by atoms with Crippen LogP contribution in [0.5, 0.6) is 0 Å². The van der Waals surface area contributed by atoms with Crippen molar-refractivity contribution in [3.05, 3.63) is 0 Å². The molecule has 4 fully saturated rings. The molecular formula is C20H35F3O2Si. The summed E-state index contributed by atoms with van der Waals surface area (Å²) in [5, 5.41) is 9.79. The smallest absolute Gasteiger partial charge is 0.416 e. The predicted octanol–water partition coefficient (Wildman–Crippen LogP) is 5.48. The van der Waals surface area contributed by atoms with Crippen molar-refractivity contribution in [3.63, 3.8) is 0 Å². The molecule has 0 amide bonds. The quantitative estimate of drug-likeness (QED) is 0.509. The summed E-state index contributed by atoms with van der Waals surface area (Å²) >= 11 is 0. The zero-order valence-corrected chi connectivity index (χ0v) is 17.8. The van der Waals surface area contributed by atoms with Crippen molar-refractivity contribution < 1.29 is 22.7 Å². The van der Waals surface area contributed by atoms with E-state index in [2.05, 4.69) is 19.6 Å². The highest BCUT2D eigenvalue weighted by Gasteiger charge is 2.63. The second kappa shape index (κ2) is 6.77. The Balaban J connectivity index is 0.000000286. The van der Waals surface area contributed by atoms with E-state index in [1.807, 2.05) is 0 Å². The largest absolute Gasteiger partial charge is 0.421 e. The molecule has 4 saturated carbocycles. The first-order valence-electron chi connectivity index (χ1n) is 10.2. The lowest BCUT2D eigenvalue weighted by Gasteiger charge is -2.41. The number of alkyl halides is 3. The molecule has 0 aliphatic heterocycles. The zero-order valence-electron chi connectivity index (χ0n) is 16.8. The molecular weight excluding hydrogens is 357 g/mol. The van der Waals surface area contributed by atoms with Crippen molar-refractivity contribution >= 4 is 8.32 Å². The van der Waals surface area contributed by atoms with E-state index >= 15 is 0 Å². The highest BCUT2D eigenvalue weighted by atomic mass is 28.4. The first kappa shape index (κ1) is 20.7. The minimum absolute atomic E-state index is 0.0850. The highest BCUT2D eigenvalue weighted by molar-refractivity contribution is 6.69. The van der Waals surface area contributed by atoms with Crippen molar-refractivity contribution in [2.45, 2.75) is 76.9 Å². The van der Waals surface area contributed by atoms with E-state index < -0.39 is 20.1 Å². The van der Waals surface area contributed by atoms with Gasteiger partial charge in [0.15, 0.2) is 13.9 Å². The molecule has 8 atom stereocenters. The molecule has 1 N–H and O–H groups in total. The normalized spacial score (nSPS) is 43.0. The van der Waals surface area contributed by atoms with Gasteiger partial charge in [-0.3, -0.25) is 0 Å². The number of halogens is 3. The van der Waals surface area contributed by atoms with Gasteiger partial charge in [0.1, 0.15) is 0 Å². The van der Waals surface area contributed by atoms with E-state index in [1.165, 1.54) is 19.3 Å². The second-order valence-corrected chi connectivity index (χ2v) is 15.1. The number of aliphatic hydroxyl groups is 1. The molecule has 0 aromatic carbocycles. The van der Waals surface area contributed by atoms with Crippen LogP contribution in [0.25, 0.3) is 0 Å². The summed E-state index contributed by atoms with van der Waals surface area (Å²) < 4.78 is 43.8. The molecule has 0 saturated heterocycles. The van der Waals surface area contributed by atoms with E-state index in [-0.39, 0.29) is 12.3 Å². The summed E-state index contributed by atoms with van der Waals surface area (Å²) in [5.74, 6) is 4.41. The van der Waals surface area contributed by atoms with E-state index in [1.54, 1.807) is 7.11 Å². The van der Waals surface area contributed by atoms with Gasteiger partial charge in [0.2, 0.25) is 0 Å². The fourth-order valence-corrected chi connectivity index (χ4v) is 6.56. The lowest BCUT2D eigenvalue weighted by atomic mass is 9.66. The molecule has 0 aromatic rings. The standard InChI is InChI=1S/C16H23F3O.C4H12OSi/c1-15(20,16(17,18)19)7-11-5-10-6-12(11)14-9-3-2-8(4-9)13(10)14;1-5-6(2,3)4/h8-14,20H,2-7H2,1H3;1-4H3. The van der Waals surface area contributed by atoms with Crippen LogP contribution in [-0.4, -0.2) is 32.3 Å². The van der Waals surface area contributed by atoms with Gasteiger partial charge in [-0.2, -0.15) is 13.2 Å². The van der Waals surface area contributed by atoms with Gasteiger partial charge in [0, 0.05) is 7.11 Å². The first-order chi connectivity index (χ1) is 11.8. The Bertz CT molecular complexity index is 514. The molecule has 0 radical (unpaired) electrons. The molecule has 4 rings (SSSR count). The maximum Gasteiger partial charge on any atom is 0.416 e. The lowest BCUT2D eigenvalue weighted by molar-refractivity contribution is -0.260. The molecule has 4 bridgehead atoms. The summed E-state index contributed by atoms with van der Waals surface area (Å²) in [6.07, 6.45) is 1.49. The molecule has 6 heteroatoms. The molecule has 0 aromatic heterocycles. The minimum atomic E-state index is -4.50. The fourth-order valence-electron chi connectivity index (χ4n) is 6.56. The van der Waals surface area contributed by atoms with Crippen molar-refractivity contribution in [1.82, 2.24) is 0 Å². The average Bonchev–Trinajstić information content (AvgIpc) is 3.24. The molecule has 4 aliphatic rings. The maximum atomic E-state index is 12.9. The van der Waals surface area contributed by atoms with Gasteiger partial charge in [-0.1, -0.05) is 0 Å². The van der Waals surface area contributed by atoms with Crippen LogP contribution in [0, 0.1) is 41.4 Å². The van der Waals surface area contributed by atoms with Crippen molar-refractivity contribution in [2.75, 3.05) is 7.11 Å². The average molecular weight is 393 g/mol. The van der Waals surface area contributed by atoms with Crippen LogP contribution in [0.3, 0.4) is 0 Å². The molecule has 2 nitrogen and oxygen atoms in total. The Labute approximate surface area is 157 Å².